The average Bonchev–Trinajstić information content (AvgIpc) is 2.93. The van der Waals surface area contributed by atoms with Gasteiger partial charge in [0.25, 0.3) is 0 Å². The third kappa shape index (κ3) is 3.72. The summed E-state index contributed by atoms with van der Waals surface area (Å²) < 4.78 is 0. The number of carbonyl (C=O) groups is 2. The molecule has 2 rings (SSSR count). The minimum atomic E-state index is 0.0267. The minimum Gasteiger partial charge on any atom is -0.340 e. The first kappa shape index (κ1) is 15.3. The van der Waals surface area contributed by atoms with E-state index in [0.717, 1.165) is 37.3 Å². The first-order chi connectivity index (χ1) is 10.2. The van der Waals surface area contributed by atoms with Crippen LogP contribution in [0.25, 0.3) is 6.08 Å². The molecule has 1 aromatic rings. The Hall–Kier alpha value is -2.10. The van der Waals surface area contributed by atoms with E-state index in [1.54, 1.807) is 11.0 Å². The number of rotatable bonds is 5. The molecular weight excluding hydrogens is 264 g/mol. The maximum absolute atomic E-state index is 11.9. The van der Waals surface area contributed by atoms with Crippen LogP contribution in [0.4, 0.5) is 5.69 Å². The quantitative estimate of drug-likeness (QED) is 0.781. The van der Waals surface area contributed by atoms with Gasteiger partial charge in [-0.2, -0.15) is 0 Å². The highest BCUT2D eigenvalue weighted by atomic mass is 16.2. The summed E-state index contributed by atoms with van der Waals surface area (Å²) >= 11 is 0. The highest BCUT2D eigenvalue weighted by Gasteiger charge is 2.21. The third-order valence-corrected chi connectivity index (χ3v) is 3.77. The summed E-state index contributed by atoms with van der Waals surface area (Å²) in [7, 11) is 0. The third-order valence-electron chi connectivity index (χ3n) is 3.77. The van der Waals surface area contributed by atoms with Gasteiger partial charge in [0.15, 0.2) is 0 Å². The molecule has 0 spiro atoms. The predicted octanol–water partition coefficient (Wildman–Crippen LogP) is 2.70. The molecule has 0 bridgehead atoms. The lowest BCUT2D eigenvalue weighted by Gasteiger charge is -2.16. The number of hydrogen-bond donors (Lipinski definition) is 0. The van der Waals surface area contributed by atoms with Gasteiger partial charge in [0, 0.05) is 37.8 Å². The van der Waals surface area contributed by atoms with Crippen molar-refractivity contribution in [1.29, 1.82) is 0 Å². The lowest BCUT2D eigenvalue weighted by Crippen LogP contribution is -2.28. The topological polar surface area (TPSA) is 40.6 Å². The van der Waals surface area contributed by atoms with E-state index in [-0.39, 0.29) is 11.8 Å². The molecule has 1 saturated heterocycles. The van der Waals surface area contributed by atoms with Crippen molar-refractivity contribution in [3.63, 3.8) is 0 Å². The molecule has 0 N–H and O–H groups in total. The molecule has 0 aromatic heterocycles. The second-order valence-electron chi connectivity index (χ2n) is 5.08. The van der Waals surface area contributed by atoms with E-state index in [9.17, 15) is 9.59 Å². The number of likely N-dealkylation sites (N-methyl/N-ethyl adjacent to an activating group) is 1. The minimum absolute atomic E-state index is 0.0267. The Balaban J connectivity index is 2.02. The number of anilines is 1. The normalized spacial score (nSPS) is 15.0. The Kier molecular flexibility index (Phi) is 5.14. The van der Waals surface area contributed by atoms with E-state index in [2.05, 4.69) is 0 Å². The van der Waals surface area contributed by atoms with Crippen molar-refractivity contribution in [3.05, 3.63) is 35.9 Å². The molecule has 1 aliphatic rings. The molecule has 1 heterocycles. The summed E-state index contributed by atoms with van der Waals surface area (Å²) in [5.74, 6) is 0.216. The molecule has 2 amide bonds. The number of benzene rings is 1. The van der Waals surface area contributed by atoms with Crippen LogP contribution in [0.3, 0.4) is 0 Å². The van der Waals surface area contributed by atoms with Gasteiger partial charge in [-0.3, -0.25) is 9.59 Å². The van der Waals surface area contributed by atoms with Gasteiger partial charge in [0.1, 0.15) is 0 Å². The predicted molar refractivity (Wildman–Crippen MR) is 85.0 cm³/mol. The van der Waals surface area contributed by atoms with E-state index in [1.807, 2.05) is 49.1 Å². The zero-order chi connectivity index (χ0) is 15.2. The van der Waals surface area contributed by atoms with E-state index in [0.29, 0.717) is 6.42 Å². The van der Waals surface area contributed by atoms with Gasteiger partial charge in [-0.1, -0.05) is 12.1 Å². The van der Waals surface area contributed by atoms with Gasteiger partial charge < -0.3 is 9.80 Å². The van der Waals surface area contributed by atoms with Crippen molar-refractivity contribution < 1.29 is 9.59 Å². The summed E-state index contributed by atoms with van der Waals surface area (Å²) in [5.41, 5.74) is 1.90. The van der Waals surface area contributed by atoms with Gasteiger partial charge >= 0.3 is 0 Å². The maximum Gasteiger partial charge on any atom is 0.246 e. The lowest BCUT2D eigenvalue weighted by atomic mass is 10.2. The fourth-order valence-corrected chi connectivity index (χ4v) is 2.49. The molecule has 21 heavy (non-hydrogen) atoms. The van der Waals surface area contributed by atoms with E-state index >= 15 is 0 Å². The Morgan fingerprint density at radius 3 is 2.43 bits per heavy atom. The summed E-state index contributed by atoms with van der Waals surface area (Å²) in [6, 6.07) is 7.75. The van der Waals surface area contributed by atoms with E-state index in [1.165, 1.54) is 0 Å². The second kappa shape index (κ2) is 7.07. The molecule has 0 radical (unpaired) electrons. The largest absolute Gasteiger partial charge is 0.340 e. The zero-order valence-electron chi connectivity index (χ0n) is 12.7. The molecule has 1 aliphatic heterocycles. The van der Waals surface area contributed by atoms with Crippen molar-refractivity contribution in [3.8, 4) is 0 Å². The number of nitrogens with zero attached hydrogens (tertiary/aromatic N) is 2. The van der Waals surface area contributed by atoms with Crippen LogP contribution in [0.1, 0.15) is 32.3 Å². The first-order valence-corrected chi connectivity index (χ1v) is 7.53. The van der Waals surface area contributed by atoms with Crippen molar-refractivity contribution >= 4 is 23.6 Å². The number of carbonyl (C=O) groups excluding carboxylic acids is 2. The standard InChI is InChI=1S/C17H22N2O2/c1-3-18(4-2)16(20)12-9-14-7-10-15(11-8-14)19-13-5-6-17(19)21/h7-12H,3-6,13H2,1-2H3/b12-9+. The molecule has 0 saturated carbocycles. The van der Waals surface area contributed by atoms with Gasteiger partial charge in [-0.05, 0) is 44.0 Å². The van der Waals surface area contributed by atoms with E-state index < -0.39 is 0 Å². The fraction of sp³-hybridized carbons (Fsp3) is 0.412. The van der Waals surface area contributed by atoms with Crippen LogP contribution in [0.5, 0.6) is 0 Å². The Bertz CT molecular complexity index is 530. The molecule has 4 nitrogen and oxygen atoms in total. The van der Waals surface area contributed by atoms with Crippen molar-refractivity contribution in [2.75, 3.05) is 24.5 Å². The van der Waals surface area contributed by atoms with Crippen LogP contribution in [0, 0.1) is 0 Å². The molecule has 4 heteroatoms. The van der Waals surface area contributed by atoms with Crippen LogP contribution < -0.4 is 4.90 Å². The van der Waals surface area contributed by atoms with Gasteiger partial charge in [0.05, 0.1) is 0 Å². The molecule has 0 unspecified atom stereocenters. The monoisotopic (exact) mass is 286 g/mol. The molecule has 1 fully saturated rings. The van der Waals surface area contributed by atoms with Gasteiger partial charge in [0.2, 0.25) is 11.8 Å². The van der Waals surface area contributed by atoms with Crippen molar-refractivity contribution in [1.82, 2.24) is 4.90 Å². The maximum atomic E-state index is 11.9. The zero-order valence-corrected chi connectivity index (χ0v) is 12.7. The van der Waals surface area contributed by atoms with Crippen LogP contribution in [0.15, 0.2) is 30.3 Å². The summed E-state index contributed by atoms with van der Waals surface area (Å²) in [5, 5.41) is 0. The van der Waals surface area contributed by atoms with Crippen LogP contribution in [-0.2, 0) is 9.59 Å². The number of hydrogen-bond acceptors (Lipinski definition) is 2. The summed E-state index contributed by atoms with van der Waals surface area (Å²) in [6.45, 7) is 6.17. The fourth-order valence-electron chi connectivity index (χ4n) is 2.49. The van der Waals surface area contributed by atoms with Gasteiger partial charge in [-0.25, -0.2) is 0 Å². The smallest absolute Gasteiger partial charge is 0.246 e. The van der Waals surface area contributed by atoms with Crippen LogP contribution in [0.2, 0.25) is 0 Å². The second-order valence-corrected chi connectivity index (χ2v) is 5.08. The van der Waals surface area contributed by atoms with Gasteiger partial charge in [-0.15, -0.1) is 0 Å². The van der Waals surface area contributed by atoms with Crippen LogP contribution >= 0.6 is 0 Å². The molecule has 112 valence electrons. The Labute approximate surface area is 126 Å². The molecule has 0 atom stereocenters. The highest BCUT2D eigenvalue weighted by Crippen LogP contribution is 2.21. The van der Waals surface area contributed by atoms with Crippen molar-refractivity contribution in [2.45, 2.75) is 26.7 Å². The molecular formula is C17H22N2O2. The first-order valence-electron chi connectivity index (χ1n) is 7.53. The summed E-state index contributed by atoms with van der Waals surface area (Å²) in [6.07, 6.45) is 4.98. The Morgan fingerprint density at radius 2 is 1.90 bits per heavy atom. The molecule has 0 aliphatic carbocycles. The lowest BCUT2D eigenvalue weighted by molar-refractivity contribution is -0.125. The Morgan fingerprint density at radius 1 is 1.24 bits per heavy atom. The summed E-state index contributed by atoms with van der Waals surface area (Å²) in [4.78, 5) is 27.1. The SMILES string of the molecule is CCN(CC)C(=O)/C=C/c1ccc(N2CCCC2=O)cc1. The van der Waals surface area contributed by atoms with Crippen molar-refractivity contribution in [2.24, 2.45) is 0 Å². The average molecular weight is 286 g/mol. The van der Waals surface area contributed by atoms with Crippen LogP contribution in [-0.4, -0.2) is 36.3 Å². The van der Waals surface area contributed by atoms with E-state index in [4.69, 9.17) is 0 Å². The highest BCUT2D eigenvalue weighted by molar-refractivity contribution is 5.95. The molecule has 1 aromatic carbocycles. The number of amides is 2.